The smallest absolute Gasteiger partial charge is 0.0672 e. The number of rotatable bonds is 4. The molecule has 2 fully saturated rings. The van der Waals surface area contributed by atoms with Crippen molar-refractivity contribution in [2.75, 3.05) is 26.2 Å². The zero-order valence-corrected chi connectivity index (χ0v) is 11.0. The van der Waals surface area contributed by atoms with Gasteiger partial charge in [0, 0.05) is 12.6 Å². The van der Waals surface area contributed by atoms with Crippen LogP contribution in [0.1, 0.15) is 39.0 Å². The van der Waals surface area contributed by atoms with Crippen molar-refractivity contribution in [2.24, 2.45) is 11.8 Å². The average Bonchev–Trinajstić information content (AvgIpc) is 2.84. The number of hydrogen-bond donors (Lipinski definition) is 1. The Bertz CT molecular complexity index is 271. The zero-order chi connectivity index (χ0) is 12.1. The second kappa shape index (κ2) is 6.37. The molecule has 0 bridgehead atoms. The molecule has 2 rings (SSSR count). The van der Waals surface area contributed by atoms with Crippen LogP contribution in [0, 0.1) is 23.2 Å². The first-order valence-electron chi connectivity index (χ1n) is 7.18. The lowest BCUT2D eigenvalue weighted by Gasteiger charge is -2.28. The molecule has 3 nitrogen and oxygen atoms in total. The van der Waals surface area contributed by atoms with Gasteiger partial charge in [-0.2, -0.15) is 5.26 Å². The van der Waals surface area contributed by atoms with Crippen molar-refractivity contribution in [1.29, 1.82) is 5.26 Å². The first kappa shape index (κ1) is 12.9. The van der Waals surface area contributed by atoms with Crippen molar-refractivity contribution in [3.8, 4) is 6.07 Å². The lowest BCUT2D eigenvalue weighted by Crippen LogP contribution is -2.40. The lowest BCUT2D eigenvalue weighted by atomic mass is 9.85. The van der Waals surface area contributed by atoms with Crippen molar-refractivity contribution in [3.63, 3.8) is 0 Å². The molecule has 0 aromatic carbocycles. The quantitative estimate of drug-likeness (QED) is 0.810. The van der Waals surface area contributed by atoms with Crippen molar-refractivity contribution in [1.82, 2.24) is 10.2 Å². The Kier molecular flexibility index (Phi) is 4.82. The van der Waals surface area contributed by atoms with E-state index < -0.39 is 0 Å². The van der Waals surface area contributed by atoms with E-state index in [4.69, 9.17) is 5.26 Å². The van der Waals surface area contributed by atoms with Crippen LogP contribution in [0.5, 0.6) is 0 Å². The summed E-state index contributed by atoms with van der Waals surface area (Å²) in [6, 6.07) is 2.94. The molecule has 1 aliphatic heterocycles. The summed E-state index contributed by atoms with van der Waals surface area (Å²) < 4.78 is 0. The number of hydrogen-bond acceptors (Lipinski definition) is 3. The third kappa shape index (κ3) is 3.43. The van der Waals surface area contributed by atoms with Crippen molar-refractivity contribution >= 4 is 0 Å². The maximum Gasteiger partial charge on any atom is 0.0672 e. The standard InChI is InChI=1S/C14H25N3/c1-2-17-8-7-12(11-17)10-16-14-6-4-3-5-13(14)9-15/h12-14,16H,2-8,10-11H2,1H3. The molecule has 0 aromatic rings. The molecule has 1 N–H and O–H groups in total. The van der Waals surface area contributed by atoms with Crippen LogP contribution in [0.25, 0.3) is 0 Å². The molecule has 96 valence electrons. The van der Waals surface area contributed by atoms with E-state index in [0.717, 1.165) is 18.9 Å². The normalized spacial score (nSPS) is 34.7. The van der Waals surface area contributed by atoms with E-state index in [1.807, 2.05) is 0 Å². The van der Waals surface area contributed by atoms with Gasteiger partial charge in [0.15, 0.2) is 0 Å². The zero-order valence-electron chi connectivity index (χ0n) is 11.0. The van der Waals surface area contributed by atoms with Crippen LogP contribution in [0.2, 0.25) is 0 Å². The van der Waals surface area contributed by atoms with Crippen LogP contribution in [-0.2, 0) is 0 Å². The van der Waals surface area contributed by atoms with Gasteiger partial charge in [-0.25, -0.2) is 0 Å². The Balaban J connectivity index is 1.72. The summed E-state index contributed by atoms with van der Waals surface area (Å²) in [4.78, 5) is 2.52. The molecule has 3 heteroatoms. The van der Waals surface area contributed by atoms with Crippen molar-refractivity contribution in [3.05, 3.63) is 0 Å². The summed E-state index contributed by atoms with van der Waals surface area (Å²) >= 11 is 0. The minimum atomic E-state index is 0.257. The van der Waals surface area contributed by atoms with E-state index in [2.05, 4.69) is 23.2 Å². The second-order valence-electron chi connectivity index (χ2n) is 5.58. The number of likely N-dealkylation sites (tertiary alicyclic amines) is 1. The number of nitrogens with zero attached hydrogens (tertiary/aromatic N) is 2. The largest absolute Gasteiger partial charge is 0.312 e. The maximum absolute atomic E-state index is 9.14. The fourth-order valence-corrected chi connectivity index (χ4v) is 3.21. The molecule has 1 saturated carbocycles. The van der Waals surface area contributed by atoms with E-state index in [-0.39, 0.29) is 5.92 Å². The Morgan fingerprint density at radius 3 is 2.82 bits per heavy atom. The molecular weight excluding hydrogens is 210 g/mol. The van der Waals surface area contributed by atoms with E-state index in [9.17, 15) is 0 Å². The summed E-state index contributed by atoms with van der Waals surface area (Å²) in [5.74, 6) is 1.06. The molecule has 1 aliphatic carbocycles. The molecule has 1 saturated heterocycles. The predicted octanol–water partition coefficient (Wildman–Crippen LogP) is 2.00. The van der Waals surface area contributed by atoms with Gasteiger partial charge < -0.3 is 10.2 Å². The molecule has 2 aliphatic rings. The highest BCUT2D eigenvalue weighted by Crippen LogP contribution is 2.24. The fourth-order valence-electron chi connectivity index (χ4n) is 3.21. The van der Waals surface area contributed by atoms with Crippen LogP contribution >= 0.6 is 0 Å². The molecule has 0 amide bonds. The van der Waals surface area contributed by atoms with Crippen LogP contribution in [0.4, 0.5) is 0 Å². The summed E-state index contributed by atoms with van der Waals surface area (Å²) in [5.41, 5.74) is 0. The van der Waals surface area contributed by atoms with Crippen LogP contribution in [0.3, 0.4) is 0 Å². The van der Waals surface area contributed by atoms with Gasteiger partial charge in [-0.1, -0.05) is 19.8 Å². The fraction of sp³-hybridized carbons (Fsp3) is 0.929. The van der Waals surface area contributed by atoms with Gasteiger partial charge >= 0.3 is 0 Å². The topological polar surface area (TPSA) is 39.1 Å². The van der Waals surface area contributed by atoms with Gasteiger partial charge in [0.1, 0.15) is 0 Å². The monoisotopic (exact) mass is 235 g/mol. The Labute approximate surface area is 105 Å². The predicted molar refractivity (Wildman–Crippen MR) is 69.6 cm³/mol. The first-order valence-corrected chi connectivity index (χ1v) is 7.18. The minimum absolute atomic E-state index is 0.257. The second-order valence-corrected chi connectivity index (χ2v) is 5.58. The van der Waals surface area contributed by atoms with Crippen LogP contribution in [0.15, 0.2) is 0 Å². The SMILES string of the molecule is CCN1CCC(CNC2CCCCC2C#N)C1. The molecule has 1 heterocycles. The van der Waals surface area contributed by atoms with Crippen molar-refractivity contribution in [2.45, 2.75) is 45.1 Å². The number of nitrogens with one attached hydrogen (secondary N) is 1. The summed E-state index contributed by atoms with van der Waals surface area (Å²) in [5, 5.41) is 12.8. The van der Waals surface area contributed by atoms with E-state index in [0.29, 0.717) is 6.04 Å². The molecule has 0 radical (unpaired) electrons. The van der Waals surface area contributed by atoms with Gasteiger partial charge in [-0.05, 0) is 44.8 Å². The van der Waals surface area contributed by atoms with Crippen LogP contribution in [-0.4, -0.2) is 37.1 Å². The van der Waals surface area contributed by atoms with E-state index in [1.54, 1.807) is 0 Å². The Morgan fingerprint density at radius 1 is 1.29 bits per heavy atom. The Morgan fingerprint density at radius 2 is 2.12 bits per heavy atom. The third-order valence-electron chi connectivity index (χ3n) is 4.42. The first-order chi connectivity index (χ1) is 8.33. The highest BCUT2D eigenvalue weighted by Gasteiger charge is 2.27. The molecule has 17 heavy (non-hydrogen) atoms. The summed E-state index contributed by atoms with van der Waals surface area (Å²) in [6.07, 6.45) is 6.15. The van der Waals surface area contributed by atoms with E-state index in [1.165, 1.54) is 45.3 Å². The summed E-state index contributed by atoms with van der Waals surface area (Å²) in [7, 11) is 0. The molecule has 0 aromatic heterocycles. The van der Waals surface area contributed by atoms with Crippen molar-refractivity contribution < 1.29 is 0 Å². The molecule has 0 spiro atoms. The highest BCUT2D eigenvalue weighted by molar-refractivity contribution is 4.95. The maximum atomic E-state index is 9.14. The minimum Gasteiger partial charge on any atom is -0.312 e. The van der Waals surface area contributed by atoms with Gasteiger partial charge in [0.2, 0.25) is 0 Å². The van der Waals surface area contributed by atoms with E-state index >= 15 is 0 Å². The third-order valence-corrected chi connectivity index (χ3v) is 4.42. The van der Waals surface area contributed by atoms with Gasteiger partial charge in [0.25, 0.3) is 0 Å². The molecule has 3 atom stereocenters. The lowest BCUT2D eigenvalue weighted by molar-refractivity contribution is 0.289. The van der Waals surface area contributed by atoms with Crippen LogP contribution < -0.4 is 5.32 Å². The summed E-state index contributed by atoms with van der Waals surface area (Å²) in [6.45, 7) is 7.03. The van der Waals surface area contributed by atoms with Gasteiger partial charge in [-0.3, -0.25) is 0 Å². The average molecular weight is 235 g/mol. The molecule has 3 unspecified atom stereocenters. The number of nitriles is 1. The van der Waals surface area contributed by atoms with Gasteiger partial charge in [-0.15, -0.1) is 0 Å². The Hall–Kier alpha value is -0.590. The van der Waals surface area contributed by atoms with Gasteiger partial charge in [0.05, 0.1) is 12.0 Å². The highest BCUT2D eigenvalue weighted by atomic mass is 15.1. The molecular formula is C14H25N3.